The first kappa shape index (κ1) is 16.7. The van der Waals surface area contributed by atoms with Crippen LogP contribution in [0, 0.1) is 0 Å². The monoisotopic (exact) mass is 435 g/mol. The molecule has 2 rings (SSSR count). The second kappa shape index (κ2) is 7.58. The molecule has 0 aliphatic rings. The minimum atomic E-state index is -3.35. The third-order valence-electron chi connectivity index (χ3n) is 2.91. The van der Waals surface area contributed by atoms with E-state index in [1.165, 1.54) is 0 Å². The molecule has 0 spiro atoms. The summed E-state index contributed by atoms with van der Waals surface area (Å²) in [6.07, 6.45) is 0. The fourth-order valence-corrected chi connectivity index (χ4v) is 4.05. The van der Waals surface area contributed by atoms with Crippen LogP contribution in [-0.4, -0.2) is 15.0 Å². The molecule has 0 unspecified atom stereocenters. The first-order chi connectivity index (χ1) is 9.96. The average Bonchev–Trinajstić information content (AvgIpc) is 2.48. The van der Waals surface area contributed by atoms with Gasteiger partial charge in [-0.1, -0.05) is 76.7 Å². The molecule has 0 amide bonds. The Morgan fingerprint density at radius 1 is 1.05 bits per heavy atom. The predicted molar refractivity (Wildman–Crippen MR) is 95.3 cm³/mol. The van der Waals surface area contributed by atoms with E-state index >= 15 is 0 Å². The van der Waals surface area contributed by atoms with E-state index < -0.39 is 10.0 Å². The Balaban J connectivity index is 1.94. The van der Waals surface area contributed by atoms with Gasteiger partial charge >= 0.3 is 0 Å². The summed E-state index contributed by atoms with van der Waals surface area (Å²) < 4.78 is 26.9. The van der Waals surface area contributed by atoms with E-state index in [-0.39, 0.29) is 9.68 Å². The summed E-state index contributed by atoms with van der Waals surface area (Å²) in [4.78, 5) is 0. The van der Waals surface area contributed by atoms with Gasteiger partial charge in [0.05, 0.1) is 5.75 Å². The molecule has 0 fully saturated rings. The Labute approximate surface area is 143 Å². The van der Waals surface area contributed by atoms with Gasteiger partial charge in [-0.15, -0.1) is 0 Å². The van der Waals surface area contributed by atoms with E-state index in [0.717, 1.165) is 11.1 Å². The van der Waals surface area contributed by atoms with Crippen molar-refractivity contribution in [2.75, 3.05) is 6.54 Å². The molecule has 2 aromatic rings. The van der Waals surface area contributed by atoms with Gasteiger partial charge < -0.3 is 0 Å². The number of benzene rings is 2. The summed E-state index contributed by atoms with van der Waals surface area (Å²) in [5.74, 6) is -0.0394. The van der Waals surface area contributed by atoms with Gasteiger partial charge in [0.15, 0.2) is 0 Å². The maximum absolute atomic E-state index is 12.1. The number of rotatable bonds is 6. The molecule has 0 aliphatic carbocycles. The van der Waals surface area contributed by atoms with Crippen LogP contribution < -0.4 is 4.72 Å². The quantitative estimate of drug-likeness (QED) is 0.552. The summed E-state index contributed by atoms with van der Waals surface area (Å²) in [6, 6.07) is 16.6. The Morgan fingerprint density at radius 3 is 2.29 bits per heavy atom. The topological polar surface area (TPSA) is 46.2 Å². The van der Waals surface area contributed by atoms with Crippen LogP contribution in [0.1, 0.15) is 15.1 Å². The highest BCUT2D eigenvalue weighted by Gasteiger charge is 2.14. The van der Waals surface area contributed by atoms with Crippen molar-refractivity contribution in [1.29, 1.82) is 0 Å². The third kappa shape index (κ3) is 5.58. The van der Waals surface area contributed by atoms with Gasteiger partial charge in [-0.3, -0.25) is 0 Å². The van der Waals surface area contributed by atoms with Crippen LogP contribution >= 0.6 is 34.2 Å². The zero-order valence-corrected chi connectivity index (χ0v) is 14.9. The molecular weight excluding hydrogens is 421 g/mol. The molecule has 0 aromatic heterocycles. The molecule has 3 nitrogen and oxygen atoms in total. The van der Waals surface area contributed by atoms with Crippen LogP contribution in [-0.2, 0) is 15.8 Å². The Hall–Kier alpha value is -0.630. The lowest BCUT2D eigenvalue weighted by molar-refractivity contribution is 0.581. The average molecular weight is 436 g/mol. The second-order valence-corrected chi connectivity index (χ2v) is 8.36. The Bertz CT molecular complexity index is 675. The van der Waals surface area contributed by atoms with Crippen molar-refractivity contribution in [3.63, 3.8) is 0 Å². The van der Waals surface area contributed by atoms with E-state index in [9.17, 15) is 8.42 Å². The van der Waals surface area contributed by atoms with E-state index in [2.05, 4.69) is 27.3 Å². The van der Waals surface area contributed by atoms with Gasteiger partial charge in [-0.2, -0.15) is 0 Å². The number of hydrogen-bond donors (Lipinski definition) is 1. The molecule has 0 radical (unpaired) electrons. The number of alkyl halides is 1. The third-order valence-corrected chi connectivity index (χ3v) is 5.65. The highest BCUT2D eigenvalue weighted by molar-refractivity contribution is 14.1. The normalized spacial score (nSPS) is 13.0. The lowest BCUT2D eigenvalue weighted by Crippen LogP contribution is -2.28. The summed E-state index contributed by atoms with van der Waals surface area (Å²) in [5.41, 5.74) is 1.82. The van der Waals surface area contributed by atoms with Crippen LogP contribution in [0.25, 0.3) is 0 Å². The van der Waals surface area contributed by atoms with Gasteiger partial charge in [0.1, 0.15) is 0 Å². The fourth-order valence-electron chi connectivity index (χ4n) is 1.83. The van der Waals surface area contributed by atoms with Gasteiger partial charge in [-0.25, -0.2) is 13.1 Å². The Morgan fingerprint density at radius 2 is 1.67 bits per heavy atom. The first-order valence-electron chi connectivity index (χ1n) is 6.37. The second-order valence-electron chi connectivity index (χ2n) is 4.61. The van der Waals surface area contributed by atoms with Crippen LogP contribution in [0.2, 0.25) is 5.02 Å². The first-order valence-corrected chi connectivity index (χ1v) is 9.65. The molecule has 1 atom stereocenters. The highest BCUT2D eigenvalue weighted by Crippen LogP contribution is 2.22. The van der Waals surface area contributed by atoms with Crippen molar-refractivity contribution in [1.82, 2.24) is 4.72 Å². The van der Waals surface area contributed by atoms with Gasteiger partial charge in [-0.05, 0) is 23.3 Å². The molecule has 0 saturated carbocycles. The summed E-state index contributed by atoms with van der Waals surface area (Å²) in [6.45, 7) is 0.375. The number of nitrogens with one attached hydrogen (secondary N) is 1. The smallest absolute Gasteiger partial charge is 0.214 e. The molecule has 21 heavy (non-hydrogen) atoms. The van der Waals surface area contributed by atoms with Gasteiger partial charge in [0, 0.05) is 15.5 Å². The van der Waals surface area contributed by atoms with Crippen molar-refractivity contribution < 1.29 is 8.42 Å². The maximum atomic E-state index is 12.1. The summed E-state index contributed by atoms with van der Waals surface area (Å²) >= 11 is 8.03. The number of sulfonamides is 1. The summed E-state index contributed by atoms with van der Waals surface area (Å²) in [5, 5.41) is 0.598. The highest BCUT2D eigenvalue weighted by atomic mass is 127. The zero-order valence-electron chi connectivity index (χ0n) is 11.2. The molecule has 0 saturated heterocycles. The number of halogens is 2. The van der Waals surface area contributed by atoms with Crippen molar-refractivity contribution in [2.24, 2.45) is 0 Å². The molecule has 0 aliphatic heterocycles. The van der Waals surface area contributed by atoms with E-state index in [1.54, 1.807) is 24.3 Å². The van der Waals surface area contributed by atoms with Crippen LogP contribution in [0.15, 0.2) is 54.6 Å². The van der Waals surface area contributed by atoms with Gasteiger partial charge in [0.25, 0.3) is 0 Å². The van der Waals surface area contributed by atoms with Crippen LogP contribution in [0.5, 0.6) is 0 Å². The maximum Gasteiger partial charge on any atom is 0.215 e. The van der Waals surface area contributed by atoms with E-state index in [0.29, 0.717) is 11.6 Å². The molecular formula is C15H15ClINO2S. The number of hydrogen-bond acceptors (Lipinski definition) is 2. The fraction of sp³-hybridized carbons (Fsp3) is 0.200. The Kier molecular flexibility index (Phi) is 6.04. The van der Waals surface area contributed by atoms with Crippen LogP contribution in [0.3, 0.4) is 0 Å². The standard InChI is InChI=1S/C15H15ClINO2S/c16-14-8-6-12(7-9-14)11-21(19,20)18-10-15(17)13-4-2-1-3-5-13/h1-9,15,18H,10-11H2/t15-/m0/s1. The summed E-state index contributed by atoms with van der Waals surface area (Å²) in [7, 11) is -3.35. The van der Waals surface area contributed by atoms with Crippen molar-refractivity contribution in [3.8, 4) is 0 Å². The van der Waals surface area contributed by atoms with Crippen LogP contribution in [0.4, 0.5) is 0 Å². The minimum absolute atomic E-state index is 0.0394. The molecule has 1 N–H and O–H groups in total. The molecule has 0 heterocycles. The molecule has 112 valence electrons. The zero-order chi connectivity index (χ0) is 15.3. The molecule has 2 aromatic carbocycles. The molecule has 0 bridgehead atoms. The largest absolute Gasteiger partial charge is 0.215 e. The SMILES string of the molecule is O=S(=O)(Cc1ccc(Cl)cc1)NC[C@H](I)c1ccccc1. The van der Waals surface area contributed by atoms with Crippen molar-refractivity contribution >= 4 is 44.2 Å². The van der Waals surface area contributed by atoms with Gasteiger partial charge in [0.2, 0.25) is 10.0 Å². The van der Waals surface area contributed by atoms with E-state index in [4.69, 9.17) is 11.6 Å². The van der Waals surface area contributed by atoms with Crippen molar-refractivity contribution in [2.45, 2.75) is 9.68 Å². The molecule has 6 heteroatoms. The minimum Gasteiger partial charge on any atom is -0.214 e. The lowest BCUT2D eigenvalue weighted by atomic mass is 10.2. The lowest BCUT2D eigenvalue weighted by Gasteiger charge is -2.12. The van der Waals surface area contributed by atoms with E-state index in [1.807, 2.05) is 30.3 Å². The van der Waals surface area contributed by atoms with Crippen molar-refractivity contribution in [3.05, 3.63) is 70.7 Å². The predicted octanol–water partition coefficient (Wildman–Crippen LogP) is 3.94.